The molecule has 0 bridgehead atoms. The van der Waals surface area contributed by atoms with Gasteiger partial charge in [-0.3, -0.25) is 14.7 Å². The number of nitrogens with zero attached hydrogens (tertiary/aromatic N) is 3. The van der Waals surface area contributed by atoms with E-state index in [2.05, 4.69) is 10.3 Å². The Morgan fingerprint density at radius 3 is 2.81 bits per heavy atom. The highest BCUT2D eigenvalue weighted by atomic mass is 16.6. The first-order valence-corrected chi connectivity index (χ1v) is 7.99. The third-order valence-corrected chi connectivity index (χ3v) is 4.17. The van der Waals surface area contributed by atoms with Gasteiger partial charge < -0.3 is 20.3 Å². The van der Waals surface area contributed by atoms with Crippen LogP contribution in [-0.4, -0.2) is 43.5 Å². The van der Waals surface area contributed by atoms with Gasteiger partial charge in [-0.1, -0.05) is 18.2 Å². The molecule has 2 aromatic rings. The van der Waals surface area contributed by atoms with E-state index >= 15 is 0 Å². The van der Waals surface area contributed by atoms with Gasteiger partial charge in [-0.2, -0.15) is 4.98 Å². The Labute approximate surface area is 147 Å². The monoisotopic (exact) mass is 362 g/mol. The molecule has 2 heterocycles. The van der Waals surface area contributed by atoms with Gasteiger partial charge in [0.15, 0.2) is 0 Å². The first kappa shape index (κ1) is 18.0. The van der Waals surface area contributed by atoms with Crippen molar-refractivity contribution in [1.29, 1.82) is 0 Å². The van der Waals surface area contributed by atoms with Gasteiger partial charge in [0, 0.05) is 30.8 Å². The maximum atomic E-state index is 12.2. The van der Waals surface area contributed by atoms with Crippen LogP contribution in [0.4, 0.5) is 11.5 Å². The summed E-state index contributed by atoms with van der Waals surface area (Å²) in [5.74, 6) is 0.265. The first-order valence-electron chi connectivity index (χ1n) is 7.99. The third-order valence-electron chi connectivity index (χ3n) is 4.17. The van der Waals surface area contributed by atoms with Crippen LogP contribution in [0.2, 0.25) is 0 Å². The molecule has 3 N–H and O–H groups in total. The fourth-order valence-electron chi connectivity index (χ4n) is 2.80. The number of para-hydroxylation sites is 1. The van der Waals surface area contributed by atoms with E-state index in [9.17, 15) is 20.0 Å². The van der Waals surface area contributed by atoms with E-state index < -0.39 is 29.0 Å². The zero-order valence-corrected chi connectivity index (χ0v) is 13.7. The smallest absolute Gasteiger partial charge is 0.351 e. The van der Waals surface area contributed by atoms with Crippen molar-refractivity contribution >= 4 is 11.5 Å². The average molecular weight is 362 g/mol. The highest BCUT2D eigenvalue weighted by molar-refractivity contribution is 5.43. The molecule has 0 amide bonds. The largest absolute Gasteiger partial charge is 0.394 e. The standard InChI is InChI=1S/C16H18N4O6/c21-9-13-12(22)7-15(26-13)19-6-5-14(18-16(19)23)17-8-10-3-1-2-4-11(10)20(24)25/h1-6,12-13,15,21-22H,7-9H2,(H,17,18,23)/t12?,13-,15-/m1/s1. The number of nitro benzene ring substituents is 1. The lowest BCUT2D eigenvalue weighted by atomic mass is 10.2. The molecule has 138 valence electrons. The summed E-state index contributed by atoms with van der Waals surface area (Å²) in [6.45, 7) is -0.200. The summed E-state index contributed by atoms with van der Waals surface area (Å²) in [7, 11) is 0. The van der Waals surface area contributed by atoms with Crippen LogP contribution in [0, 0.1) is 10.1 Å². The quantitative estimate of drug-likeness (QED) is 0.496. The number of nitrogens with one attached hydrogen (secondary N) is 1. The fourth-order valence-corrected chi connectivity index (χ4v) is 2.80. The van der Waals surface area contributed by atoms with Crippen molar-refractivity contribution < 1.29 is 19.9 Å². The van der Waals surface area contributed by atoms with Crippen molar-refractivity contribution in [3.05, 3.63) is 62.7 Å². The summed E-state index contributed by atoms with van der Waals surface area (Å²) < 4.78 is 6.66. The molecule has 0 radical (unpaired) electrons. The second-order valence-corrected chi connectivity index (χ2v) is 5.86. The maximum Gasteiger partial charge on any atom is 0.351 e. The van der Waals surface area contributed by atoms with Crippen LogP contribution in [0.15, 0.2) is 41.3 Å². The number of hydrogen-bond acceptors (Lipinski definition) is 8. The van der Waals surface area contributed by atoms with Crippen LogP contribution < -0.4 is 11.0 Å². The molecule has 10 nitrogen and oxygen atoms in total. The number of aromatic nitrogens is 2. The molecule has 1 saturated heterocycles. The molecule has 3 atom stereocenters. The van der Waals surface area contributed by atoms with Crippen molar-refractivity contribution in [1.82, 2.24) is 9.55 Å². The van der Waals surface area contributed by atoms with Gasteiger partial charge in [-0.25, -0.2) is 4.79 Å². The van der Waals surface area contributed by atoms with Crippen molar-refractivity contribution in [2.24, 2.45) is 0 Å². The van der Waals surface area contributed by atoms with E-state index in [1.54, 1.807) is 18.2 Å². The molecule has 0 spiro atoms. The summed E-state index contributed by atoms with van der Waals surface area (Å²) >= 11 is 0. The van der Waals surface area contributed by atoms with E-state index in [0.29, 0.717) is 5.56 Å². The van der Waals surface area contributed by atoms with Gasteiger partial charge in [0.25, 0.3) is 5.69 Å². The Morgan fingerprint density at radius 2 is 2.15 bits per heavy atom. The number of anilines is 1. The van der Waals surface area contributed by atoms with E-state index in [-0.39, 0.29) is 31.1 Å². The minimum absolute atomic E-state index is 0.0169. The van der Waals surface area contributed by atoms with E-state index in [1.165, 1.54) is 22.9 Å². The van der Waals surface area contributed by atoms with E-state index in [1.807, 2.05) is 0 Å². The molecule has 1 aromatic heterocycles. The molecule has 26 heavy (non-hydrogen) atoms. The zero-order valence-electron chi connectivity index (χ0n) is 13.7. The predicted octanol–water partition coefficient (Wildman–Crippen LogP) is 0.404. The number of hydrogen-bond donors (Lipinski definition) is 3. The number of ether oxygens (including phenoxy) is 1. The van der Waals surface area contributed by atoms with Gasteiger partial charge in [-0.15, -0.1) is 0 Å². The van der Waals surface area contributed by atoms with Gasteiger partial charge in [0.1, 0.15) is 18.1 Å². The SMILES string of the molecule is O=c1nc(NCc2ccccc2[N+](=O)[O-])ccn1[C@H]1CC(O)[C@@H](CO)O1. The highest BCUT2D eigenvalue weighted by Crippen LogP contribution is 2.27. The summed E-state index contributed by atoms with van der Waals surface area (Å²) in [5, 5.41) is 32.8. The second kappa shape index (κ2) is 7.60. The first-order chi connectivity index (χ1) is 12.5. The average Bonchev–Trinajstić information content (AvgIpc) is 3.00. The maximum absolute atomic E-state index is 12.2. The number of nitro groups is 1. The summed E-state index contributed by atoms with van der Waals surface area (Å²) in [6.07, 6.45) is -0.646. The normalized spacial score (nSPS) is 22.3. The number of rotatable bonds is 6. The number of aliphatic hydroxyl groups is 2. The fraction of sp³-hybridized carbons (Fsp3) is 0.375. The van der Waals surface area contributed by atoms with Crippen molar-refractivity contribution in [2.75, 3.05) is 11.9 Å². The minimum Gasteiger partial charge on any atom is -0.394 e. The number of aliphatic hydroxyl groups excluding tert-OH is 2. The lowest BCUT2D eigenvalue weighted by molar-refractivity contribution is -0.385. The van der Waals surface area contributed by atoms with Crippen LogP contribution >= 0.6 is 0 Å². The van der Waals surface area contributed by atoms with E-state index in [0.717, 1.165) is 0 Å². The van der Waals surface area contributed by atoms with Gasteiger partial charge in [0.2, 0.25) is 0 Å². The molecule has 1 aliphatic heterocycles. The molecular formula is C16H18N4O6. The Morgan fingerprint density at radius 1 is 1.38 bits per heavy atom. The molecule has 0 aliphatic carbocycles. The zero-order chi connectivity index (χ0) is 18.7. The molecule has 0 saturated carbocycles. The highest BCUT2D eigenvalue weighted by Gasteiger charge is 2.34. The summed E-state index contributed by atoms with van der Waals surface area (Å²) in [6, 6.07) is 7.84. The number of benzene rings is 1. The Kier molecular flexibility index (Phi) is 5.26. The van der Waals surface area contributed by atoms with Crippen molar-refractivity contribution in [2.45, 2.75) is 31.4 Å². The molecule has 1 aromatic carbocycles. The molecule has 1 unspecified atom stereocenters. The van der Waals surface area contributed by atoms with Crippen LogP contribution in [0.5, 0.6) is 0 Å². The lowest BCUT2D eigenvalue weighted by Gasteiger charge is -2.14. The Balaban J connectivity index is 1.71. The Bertz CT molecular complexity index is 855. The van der Waals surface area contributed by atoms with Crippen LogP contribution in [0.1, 0.15) is 18.2 Å². The van der Waals surface area contributed by atoms with Gasteiger partial charge >= 0.3 is 5.69 Å². The van der Waals surface area contributed by atoms with Crippen molar-refractivity contribution in [3.8, 4) is 0 Å². The lowest BCUT2D eigenvalue weighted by Crippen LogP contribution is -2.28. The second-order valence-electron chi connectivity index (χ2n) is 5.86. The predicted molar refractivity (Wildman–Crippen MR) is 90.5 cm³/mol. The van der Waals surface area contributed by atoms with Crippen LogP contribution in [0.25, 0.3) is 0 Å². The topological polar surface area (TPSA) is 140 Å². The van der Waals surface area contributed by atoms with Gasteiger partial charge in [0.05, 0.1) is 17.6 Å². The Hall–Kier alpha value is -2.82. The van der Waals surface area contributed by atoms with Crippen LogP contribution in [-0.2, 0) is 11.3 Å². The summed E-state index contributed by atoms with van der Waals surface area (Å²) in [4.78, 5) is 26.6. The van der Waals surface area contributed by atoms with Crippen LogP contribution in [0.3, 0.4) is 0 Å². The van der Waals surface area contributed by atoms with Crippen molar-refractivity contribution in [3.63, 3.8) is 0 Å². The molecule has 1 aliphatic rings. The molecule has 1 fully saturated rings. The minimum atomic E-state index is -0.853. The molecule has 3 rings (SSSR count). The molecule has 10 heteroatoms. The third kappa shape index (κ3) is 3.72. The van der Waals surface area contributed by atoms with Gasteiger partial charge in [-0.05, 0) is 6.07 Å². The molecular weight excluding hydrogens is 344 g/mol. The van der Waals surface area contributed by atoms with E-state index in [4.69, 9.17) is 9.84 Å². The summed E-state index contributed by atoms with van der Waals surface area (Å²) in [5.41, 5.74) is -0.137.